The summed E-state index contributed by atoms with van der Waals surface area (Å²) in [6.45, 7) is 4.24. The van der Waals surface area contributed by atoms with Gasteiger partial charge in [0.15, 0.2) is 11.4 Å². The van der Waals surface area contributed by atoms with E-state index >= 15 is 0 Å². The predicted octanol–water partition coefficient (Wildman–Crippen LogP) is 1.87. The highest BCUT2D eigenvalue weighted by atomic mass is 31.2. The van der Waals surface area contributed by atoms with Gasteiger partial charge in [0.2, 0.25) is 0 Å². The van der Waals surface area contributed by atoms with Gasteiger partial charge in [0.05, 0.1) is 32.3 Å². The van der Waals surface area contributed by atoms with Crippen molar-refractivity contribution in [2.45, 2.75) is 20.6 Å². The first-order valence-corrected chi connectivity index (χ1v) is 8.14. The van der Waals surface area contributed by atoms with E-state index in [-0.39, 0.29) is 30.9 Å². The Labute approximate surface area is 123 Å². The van der Waals surface area contributed by atoms with Crippen molar-refractivity contribution >= 4 is 7.60 Å². The van der Waals surface area contributed by atoms with E-state index in [1.165, 1.54) is 10.9 Å². The van der Waals surface area contributed by atoms with Crippen molar-refractivity contribution in [3.63, 3.8) is 0 Å². The van der Waals surface area contributed by atoms with E-state index < -0.39 is 7.60 Å². The standard InChI is InChI=1S/C12H17N4O4P/c1-3-19-21(17,20-4-2)6-5-18-10-16-9-15-11(7-13)12(16)8-14/h9H,3-6,10H2,1-2H3. The van der Waals surface area contributed by atoms with E-state index in [1.54, 1.807) is 13.8 Å². The van der Waals surface area contributed by atoms with Crippen LogP contribution in [0.25, 0.3) is 0 Å². The lowest BCUT2D eigenvalue weighted by Crippen LogP contribution is -2.10. The van der Waals surface area contributed by atoms with E-state index in [2.05, 4.69) is 4.98 Å². The molecule has 1 aromatic rings. The molecule has 0 unspecified atom stereocenters. The smallest absolute Gasteiger partial charge is 0.332 e. The first-order chi connectivity index (χ1) is 10.1. The van der Waals surface area contributed by atoms with Crippen molar-refractivity contribution in [2.24, 2.45) is 0 Å². The molecule has 0 saturated carbocycles. The van der Waals surface area contributed by atoms with E-state index in [1.807, 2.05) is 12.1 Å². The first kappa shape index (κ1) is 17.4. The van der Waals surface area contributed by atoms with Crippen LogP contribution in [0.4, 0.5) is 0 Å². The predicted molar refractivity (Wildman–Crippen MR) is 73.3 cm³/mol. The Morgan fingerprint density at radius 1 is 1.29 bits per heavy atom. The second-order valence-electron chi connectivity index (χ2n) is 3.84. The Morgan fingerprint density at radius 2 is 1.95 bits per heavy atom. The van der Waals surface area contributed by atoms with Crippen molar-refractivity contribution in [1.82, 2.24) is 9.55 Å². The molecule has 1 heterocycles. The number of rotatable bonds is 9. The monoisotopic (exact) mass is 312 g/mol. The Bertz CT molecular complexity index is 577. The van der Waals surface area contributed by atoms with Crippen molar-refractivity contribution < 1.29 is 18.3 Å². The molecule has 0 spiro atoms. The van der Waals surface area contributed by atoms with Crippen LogP contribution in [0.2, 0.25) is 0 Å². The normalized spacial score (nSPS) is 11.0. The molecule has 8 nitrogen and oxygen atoms in total. The zero-order valence-corrected chi connectivity index (χ0v) is 12.9. The second kappa shape index (κ2) is 8.56. The third-order valence-electron chi connectivity index (χ3n) is 2.44. The van der Waals surface area contributed by atoms with Crippen molar-refractivity contribution in [3.8, 4) is 12.1 Å². The highest BCUT2D eigenvalue weighted by molar-refractivity contribution is 7.53. The van der Waals surface area contributed by atoms with Gasteiger partial charge in [0, 0.05) is 0 Å². The van der Waals surface area contributed by atoms with Crippen LogP contribution in [0.15, 0.2) is 6.33 Å². The van der Waals surface area contributed by atoms with Crippen LogP contribution in [-0.4, -0.2) is 35.5 Å². The van der Waals surface area contributed by atoms with Gasteiger partial charge in [-0.2, -0.15) is 10.5 Å². The highest BCUT2D eigenvalue weighted by Crippen LogP contribution is 2.47. The van der Waals surface area contributed by atoms with Gasteiger partial charge >= 0.3 is 7.60 Å². The zero-order valence-electron chi connectivity index (χ0n) is 12.0. The van der Waals surface area contributed by atoms with Crippen LogP contribution in [0.5, 0.6) is 0 Å². The fourth-order valence-electron chi connectivity index (χ4n) is 1.58. The lowest BCUT2D eigenvalue weighted by Gasteiger charge is -2.16. The summed E-state index contributed by atoms with van der Waals surface area (Å²) in [5.41, 5.74) is 0.186. The van der Waals surface area contributed by atoms with E-state index in [0.717, 1.165) is 0 Å². The molecule has 0 amide bonds. The quantitative estimate of drug-likeness (QED) is 0.505. The van der Waals surface area contributed by atoms with Gasteiger partial charge in [-0.1, -0.05) is 0 Å². The number of nitrogens with zero attached hydrogens (tertiary/aromatic N) is 4. The minimum absolute atomic E-state index is 0.0375. The Morgan fingerprint density at radius 3 is 2.48 bits per heavy atom. The molecule has 1 rings (SSSR count). The fraction of sp³-hybridized carbons (Fsp3) is 0.583. The number of ether oxygens (including phenoxy) is 1. The zero-order chi connectivity index (χ0) is 15.7. The first-order valence-electron chi connectivity index (χ1n) is 6.41. The summed E-state index contributed by atoms with van der Waals surface area (Å²) in [6.07, 6.45) is 1.47. The molecule has 0 aliphatic rings. The maximum atomic E-state index is 12.2. The fourth-order valence-corrected chi connectivity index (χ4v) is 3.05. The maximum absolute atomic E-state index is 12.2. The maximum Gasteiger partial charge on any atom is 0.332 e. The number of aromatic nitrogens is 2. The molecule has 0 bridgehead atoms. The molecule has 0 N–H and O–H groups in total. The minimum atomic E-state index is -3.13. The molecule has 1 aromatic heterocycles. The van der Waals surface area contributed by atoms with E-state index in [0.29, 0.717) is 13.2 Å². The van der Waals surface area contributed by atoms with Gasteiger partial charge in [-0.3, -0.25) is 9.13 Å². The van der Waals surface area contributed by atoms with E-state index in [9.17, 15) is 4.57 Å². The summed E-state index contributed by atoms with van der Waals surface area (Å²) in [6, 6.07) is 3.71. The minimum Gasteiger partial charge on any atom is -0.360 e. The van der Waals surface area contributed by atoms with Gasteiger partial charge in [-0.25, -0.2) is 4.98 Å². The summed E-state index contributed by atoms with van der Waals surface area (Å²) < 4.78 is 29.2. The lowest BCUT2D eigenvalue weighted by atomic mass is 10.4. The van der Waals surface area contributed by atoms with Crippen LogP contribution in [0.3, 0.4) is 0 Å². The number of nitriles is 2. The summed E-state index contributed by atoms with van der Waals surface area (Å²) in [5.74, 6) is 0. The SMILES string of the molecule is CCOP(=O)(CCOCn1cnc(C#N)c1C#N)OCC. The van der Waals surface area contributed by atoms with E-state index in [4.69, 9.17) is 24.3 Å². The molecule has 0 aromatic carbocycles. The molecule has 21 heavy (non-hydrogen) atoms. The number of hydrogen-bond donors (Lipinski definition) is 0. The summed E-state index contributed by atoms with van der Waals surface area (Å²) in [7, 11) is -3.13. The molecule has 0 fully saturated rings. The summed E-state index contributed by atoms with van der Waals surface area (Å²) >= 11 is 0. The third-order valence-corrected chi connectivity index (χ3v) is 4.47. The average molecular weight is 312 g/mol. The molecule has 9 heteroatoms. The Hall–Kier alpha value is -1.70. The van der Waals surface area contributed by atoms with Crippen LogP contribution in [-0.2, 0) is 25.1 Å². The summed E-state index contributed by atoms with van der Waals surface area (Å²) in [4.78, 5) is 3.79. The third kappa shape index (κ3) is 4.96. The summed E-state index contributed by atoms with van der Waals surface area (Å²) in [5, 5.41) is 17.7. The highest BCUT2D eigenvalue weighted by Gasteiger charge is 2.23. The van der Waals surface area contributed by atoms with Gasteiger partial charge in [0.1, 0.15) is 18.9 Å². The van der Waals surface area contributed by atoms with Gasteiger partial charge in [-0.15, -0.1) is 0 Å². The van der Waals surface area contributed by atoms with Crippen molar-refractivity contribution in [2.75, 3.05) is 26.0 Å². The van der Waals surface area contributed by atoms with Gasteiger partial charge in [0.25, 0.3) is 0 Å². The number of imidazole rings is 1. The second-order valence-corrected chi connectivity index (χ2v) is 6.03. The molecule has 0 atom stereocenters. The molecule has 0 aliphatic carbocycles. The molecule has 0 saturated heterocycles. The van der Waals surface area contributed by atoms with Crippen LogP contribution in [0, 0.1) is 22.7 Å². The topological polar surface area (TPSA) is 110 Å². The molecule has 0 radical (unpaired) electrons. The molecule has 114 valence electrons. The average Bonchev–Trinajstić information content (AvgIpc) is 2.86. The molecular formula is C12H17N4O4P. The van der Waals surface area contributed by atoms with Gasteiger partial charge < -0.3 is 13.8 Å². The van der Waals surface area contributed by atoms with Crippen LogP contribution in [0.1, 0.15) is 25.2 Å². The van der Waals surface area contributed by atoms with Crippen molar-refractivity contribution in [1.29, 1.82) is 10.5 Å². The molecular weight excluding hydrogens is 295 g/mol. The Kier molecular flexibility index (Phi) is 7.07. The van der Waals surface area contributed by atoms with Gasteiger partial charge in [-0.05, 0) is 13.8 Å². The number of hydrogen-bond acceptors (Lipinski definition) is 7. The van der Waals surface area contributed by atoms with Crippen molar-refractivity contribution in [3.05, 3.63) is 17.7 Å². The molecule has 0 aliphatic heterocycles. The largest absolute Gasteiger partial charge is 0.360 e. The Balaban J connectivity index is 2.51. The van der Waals surface area contributed by atoms with Crippen LogP contribution < -0.4 is 0 Å². The lowest BCUT2D eigenvalue weighted by molar-refractivity contribution is 0.0838. The van der Waals surface area contributed by atoms with Crippen LogP contribution >= 0.6 is 7.60 Å².